The van der Waals surface area contributed by atoms with E-state index in [-0.39, 0.29) is 33.9 Å². The molecule has 0 bridgehead atoms. The fourth-order valence-corrected chi connectivity index (χ4v) is 4.37. The van der Waals surface area contributed by atoms with Crippen LogP contribution in [0.15, 0.2) is 41.8 Å². The number of rotatable bonds is 4. The Morgan fingerprint density at radius 1 is 1.27 bits per heavy atom. The number of carbonyl (C=O) groups is 1. The summed E-state index contributed by atoms with van der Waals surface area (Å²) in [4.78, 5) is 18.2. The summed E-state index contributed by atoms with van der Waals surface area (Å²) in [5.74, 6) is -0.331. The van der Waals surface area contributed by atoms with Gasteiger partial charge in [-0.2, -0.15) is 13.2 Å². The van der Waals surface area contributed by atoms with Crippen molar-refractivity contribution in [3.63, 3.8) is 0 Å². The summed E-state index contributed by atoms with van der Waals surface area (Å²) in [5, 5.41) is 8.59. The molecule has 6 nitrogen and oxygen atoms in total. The maximum absolute atomic E-state index is 13.4. The molecule has 1 aliphatic heterocycles. The fourth-order valence-electron chi connectivity index (χ4n) is 3.26. The Hall–Kier alpha value is -2.59. The molecule has 11 heteroatoms. The first kappa shape index (κ1) is 20.7. The van der Waals surface area contributed by atoms with Crippen LogP contribution < -0.4 is 4.90 Å². The standard InChI is InChI=1S/C19H15ClF3N5OS/c1-10(30-18-26-24-9-27(18)2)11-6-15(20)25-16(7-11)28-8-13-12(17(28)29)4-3-5-14(13)19(21,22)23/h3-7,9-10H,8H2,1-2H3. The number of alkyl halides is 3. The Balaban J connectivity index is 1.67. The highest BCUT2D eigenvalue weighted by atomic mass is 35.5. The largest absolute Gasteiger partial charge is 0.416 e. The first-order valence-corrected chi connectivity index (χ1v) is 10.1. The van der Waals surface area contributed by atoms with Gasteiger partial charge in [0.05, 0.1) is 12.1 Å². The zero-order valence-corrected chi connectivity index (χ0v) is 17.4. The number of anilines is 1. The number of fused-ring (bicyclic) bond motifs is 1. The summed E-state index contributed by atoms with van der Waals surface area (Å²) in [5.41, 5.74) is -0.0865. The highest BCUT2D eigenvalue weighted by molar-refractivity contribution is 7.99. The van der Waals surface area contributed by atoms with Gasteiger partial charge < -0.3 is 4.57 Å². The molecular formula is C19H15ClF3N5OS. The third-order valence-electron chi connectivity index (χ3n) is 4.77. The van der Waals surface area contributed by atoms with Crippen LogP contribution in [0.3, 0.4) is 0 Å². The van der Waals surface area contributed by atoms with E-state index in [1.165, 1.54) is 28.8 Å². The van der Waals surface area contributed by atoms with Gasteiger partial charge in [-0.25, -0.2) is 4.98 Å². The van der Waals surface area contributed by atoms with E-state index < -0.39 is 17.6 Å². The Morgan fingerprint density at radius 3 is 2.70 bits per heavy atom. The van der Waals surface area contributed by atoms with Gasteiger partial charge in [0, 0.05) is 17.9 Å². The number of carbonyl (C=O) groups excluding carboxylic acids is 1. The molecule has 0 N–H and O–H groups in total. The van der Waals surface area contributed by atoms with E-state index in [0.717, 1.165) is 11.6 Å². The maximum atomic E-state index is 13.4. The van der Waals surface area contributed by atoms with Gasteiger partial charge in [0.25, 0.3) is 5.91 Å². The lowest BCUT2D eigenvalue weighted by Crippen LogP contribution is -2.24. The van der Waals surface area contributed by atoms with Gasteiger partial charge >= 0.3 is 6.18 Å². The number of halogens is 4. The van der Waals surface area contributed by atoms with Gasteiger partial charge in [-0.15, -0.1) is 10.2 Å². The third-order valence-corrected chi connectivity index (χ3v) is 6.17. The number of amides is 1. The maximum Gasteiger partial charge on any atom is 0.416 e. The molecule has 0 saturated carbocycles. The number of aromatic nitrogens is 4. The molecule has 3 heterocycles. The summed E-state index contributed by atoms with van der Waals surface area (Å²) >= 11 is 7.61. The quantitative estimate of drug-likeness (QED) is 0.415. The first-order chi connectivity index (χ1) is 14.1. The molecule has 30 heavy (non-hydrogen) atoms. The Kier molecular flexibility index (Phi) is 5.23. The van der Waals surface area contributed by atoms with Crippen LogP contribution in [0.2, 0.25) is 5.15 Å². The molecule has 3 aromatic rings. The topological polar surface area (TPSA) is 63.9 Å². The van der Waals surface area contributed by atoms with Crippen LogP contribution in [0.1, 0.15) is 39.2 Å². The molecular weight excluding hydrogens is 439 g/mol. The molecule has 0 spiro atoms. The smallest absolute Gasteiger partial charge is 0.312 e. The molecule has 1 amide bonds. The van der Waals surface area contributed by atoms with E-state index in [1.54, 1.807) is 23.0 Å². The number of nitrogens with zero attached hydrogens (tertiary/aromatic N) is 5. The number of thioether (sulfide) groups is 1. The predicted octanol–water partition coefficient (Wildman–Crippen LogP) is 4.90. The molecule has 1 aromatic carbocycles. The van der Waals surface area contributed by atoms with E-state index in [0.29, 0.717) is 5.16 Å². The van der Waals surface area contributed by atoms with Crippen molar-refractivity contribution in [1.82, 2.24) is 19.7 Å². The molecule has 0 fully saturated rings. The summed E-state index contributed by atoms with van der Waals surface area (Å²) in [6.07, 6.45) is -2.96. The lowest BCUT2D eigenvalue weighted by molar-refractivity contribution is -0.138. The molecule has 1 unspecified atom stereocenters. The van der Waals surface area contributed by atoms with Crippen LogP contribution in [0, 0.1) is 0 Å². The van der Waals surface area contributed by atoms with Crippen molar-refractivity contribution in [2.45, 2.75) is 30.1 Å². The van der Waals surface area contributed by atoms with Crippen molar-refractivity contribution in [3.05, 3.63) is 64.1 Å². The molecule has 156 valence electrons. The SMILES string of the molecule is CC(Sc1nncn1C)c1cc(Cl)nc(N2Cc3c(cccc3C(F)(F)F)C2=O)c1. The predicted molar refractivity (Wildman–Crippen MR) is 106 cm³/mol. The minimum atomic E-state index is -4.55. The number of aryl methyl sites for hydroxylation is 1. The third kappa shape index (κ3) is 3.77. The normalized spacial score (nSPS) is 14.9. The van der Waals surface area contributed by atoms with Crippen LogP contribution in [-0.2, 0) is 19.8 Å². The number of pyridine rings is 1. The van der Waals surface area contributed by atoms with Crippen molar-refractivity contribution in [3.8, 4) is 0 Å². The van der Waals surface area contributed by atoms with Gasteiger partial charge in [0.15, 0.2) is 5.16 Å². The van der Waals surface area contributed by atoms with Crippen molar-refractivity contribution in [2.24, 2.45) is 7.05 Å². The van der Waals surface area contributed by atoms with Crippen LogP contribution in [0.25, 0.3) is 0 Å². The molecule has 0 radical (unpaired) electrons. The molecule has 2 aromatic heterocycles. The van der Waals surface area contributed by atoms with Gasteiger partial charge in [0.1, 0.15) is 17.3 Å². The van der Waals surface area contributed by atoms with Crippen molar-refractivity contribution >= 4 is 35.1 Å². The Bertz CT molecular complexity index is 1130. The van der Waals surface area contributed by atoms with E-state index in [4.69, 9.17) is 11.6 Å². The summed E-state index contributed by atoms with van der Waals surface area (Å²) in [6, 6.07) is 6.93. The zero-order valence-electron chi connectivity index (χ0n) is 15.8. The molecule has 0 saturated heterocycles. The highest BCUT2D eigenvalue weighted by Crippen LogP contribution is 2.40. The highest BCUT2D eigenvalue weighted by Gasteiger charge is 2.40. The molecule has 4 rings (SSSR count). The van der Waals surface area contributed by atoms with Crippen LogP contribution in [0.5, 0.6) is 0 Å². The first-order valence-electron chi connectivity index (χ1n) is 8.84. The van der Waals surface area contributed by atoms with Crippen molar-refractivity contribution < 1.29 is 18.0 Å². The van der Waals surface area contributed by atoms with Gasteiger partial charge in [-0.1, -0.05) is 29.4 Å². The van der Waals surface area contributed by atoms with E-state index in [2.05, 4.69) is 15.2 Å². The molecule has 1 aliphatic rings. The Labute approximate surface area is 179 Å². The second-order valence-electron chi connectivity index (χ2n) is 6.79. The van der Waals surface area contributed by atoms with Gasteiger partial charge in [-0.05, 0) is 42.3 Å². The summed E-state index contributed by atoms with van der Waals surface area (Å²) < 4.78 is 41.9. The average Bonchev–Trinajstić information content (AvgIpc) is 3.23. The average molecular weight is 454 g/mol. The summed E-state index contributed by atoms with van der Waals surface area (Å²) in [7, 11) is 1.82. The number of hydrogen-bond acceptors (Lipinski definition) is 5. The van der Waals surface area contributed by atoms with Crippen molar-refractivity contribution in [1.29, 1.82) is 0 Å². The number of benzene rings is 1. The van der Waals surface area contributed by atoms with Crippen LogP contribution in [-0.4, -0.2) is 25.7 Å². The fraction of sp³-hybridized carbons (Fsp3) is 0.263. The van der Waals surface area contributed by atoms with Crippen LogP contribution >= 0.6 is 23.4 Å². The van der Waals surface area contributed by atoms with Crippen molar-refractivity contribution in [2.75, 3.05) is 4.90 Å². The molecule has 1 atom stereocenters. The van der Waals surface area contributed by atoms with Crippen LogP contribution in [0.4, 0.5) is 19.0 Å². The monoisotopic (exact) mass is 453 g/mol. The summed E-state index contributed by atoms with van der Waals surface area (Å²) in [6.45, 7) is 1.71. The second-order valence-corrected chi connectivity index (χ2v) is 8.48. The van der Waals surface area contributed by atoms with Gasteiger partial charge in [-0.3, -0.25) is 9.69 Å². The lowest BCUT2D eigenvalue weighted by atomic mass is 10.0. The lowest BCUT2D eigenvalue weighted by Gasteiger charge is -2.18. The molecule has 0 aliphatic carbocycles. The minimum Gasteiger partial charge on any atom is -0.312 e. The van der Waals surface area contributed by atoms with Gasteiger partial charge in [0.2, 0.25) is 0 Å². The number of hydrogen-bond donors (Lipinski definition) is 0. The minimum absolute atomic E-state index is 0.0228. The van der Waals surface area contributed by atoms with E-state index in [1.807, 2.05) is 14.0 Å². The Morgan fingerprint density at radius 2 is 2.03 bits per heavy atom. The van der Waals surface area contributed by atoms with E-state index in [9.17, 15) is 18.0 Å². The second kappa shape index (κ2) is 7.59. The zero-order chi connectivity index (χ0) is 21.6. The van der Waals surface area contributed by atoms with E-state index >= 15 is 0 Å².